The maximum Gasteiger partial charge on any atom is 0.411 e. The van der Waals surface area contributed by atoms with Crippen LogP contribution in [0.2, 0.25) is 0 Å². The molecule has 2 aliphatic heterocycles. The van der Waals surface area contributed by atoms with Crippen molar-refractivity contribution in [2.75, 3.05) is 13.1 Å². The summed E-state index contributed by atoms with van der Waals surface area (Å²) in [6.07, 6.45) is 4.99. The largest absolute Gasteiger partial charge is 0.465 e. The number of rotatable bonds is 11. The highest BCUT2D eigenvalue weighted by atomic mass is 16.4. The van der Waals surface area contributed by atoms with Gasteiger partial charge >= 0.3 is 12.2 Å². The molecule has 0 aliphatic carbocycles. The van der Waals surface area contributed by atoms with E-state index < -0.39 is 36.1 Å². The molecule has 14 heteroatoms. The standard InChI is InChI=1S/C36H42N8O6/c1-3-26(33(45)41-35(47)48)43-17-9-15-28(43)31-37-19-24(39-31)23-14-8-13-22(21-11-6-5-7-12-21)30(23)25-20-38-32(40-25)29-16-10-18-44(29)27(4-2)34(46)42-36(49)50/h5-8,11-14,19-20,26-29H,3-4,9-10,15-18H2,1-2H3,(H,37,39)(H,38,40)(H,41,45)(H,42,46)(H,47,48)(H,49,50)/t26-,27-,28?,29?/m0/s1. The molecule has 50 heavy (non-hydrogen) atoms. The van der Waals surface area contributed by atoms with Crippen molar-refractivity contribution in [3.8, 4) is 33.6 Å². The van der Waals surface area contributed by atoms with E-state index in [0.717, 1.165) is 59.3 Å². The Morgan fingerprint density at radius 2 is 1.24 bits per heavy atom. The smallest absolute Gasteiger partial charge is 0.411 e. The first-order valence-electron chi connectivity index (χ1n) is 17.1. The molecule has 4 heterocycles. The summed E-state index contributed by atoms with van der Waals surface area (Å²) in [6, 6.07) is 14.5. The average Bonchev–Trinajstić information content (AvgIpc) is 3.92. The molecular formula is C36H42N8O6. The Morgan fingerprint density at radius 1 is 0.740 bits per heavy atom. The number of carbonyl (C=O) groups excluding carboxylic acids is 2. The van der Waals surface area contributed by atoms with E-state index in [1.54, 1.807) is 12.4 Å². The molecule has 2 fully saturated rings. The van der Waals surface area contributed by atoms with Gasteiger partial charge in [0.1, 0.15) is 11.6 Å². The van der Waals surface area contributed by atoms with Crippen molar-refractivity contribution in [1.82, 2.24) is 40.4 Å². The summed E-state index contributed by atoms with van der Waals surface area (Å²) in [7, 11) is 0. The van der Waals surface area contributed by atoms with Crippen molar-refractivity contribution in [2.24, 2.45) is 0 Å². The van der Waals surface area contributed by atoms with Gasteiger partial charge in [0.25, 0.3) is 0 Å². The fourth-order valence-electron chi connectivity index (χ4n) is 7.63. The number of imide groups is 2. The van der Waals surface area contributed by atoms with Gasteiger partial charge in [-0.15, -0.1) is 0 Å². The molecular weight excluding hydrogens is 640 g/mol. The van der Waals surface area contributed by atoms with E-state index in [2.05, 4.69) is 16.0 Å². The first-order valence-corrected chi connectivity index (χ1v) is 17.1. The van der Waals surface area contributed by atoms with Crippen LogP contribution in [0.5, 0.6) is 0 Å². The van der Waals surface area contributed by atoms with Crippen LogP contribution in [0, 0.1) is 0 Å². The predicted molar refractivity (Wildman–Crippen MR) is 185 cm³/mol. The van der Waals surface area contributed by atoms with Gasteiger partial charge in [-0.3, -0.25) is 30.0 Å². The number of H-pyrrole nitrogens is 2. The quantitative estimate of drug-likeness (QED) is 0.117. The highest BCUT2D eigenvalue weighted by Crippen LogP contribution is 2.42. The molecule has 0 radical (unpaired) electrons. The summed E-state index contributed by atoms with van der Waals surface area (Å²) in [4.78, 5) is 68.8. The average molecular weight is 683 g/mol. The first-order chi connectivity index (χ1) is 24.2. The number of likely N-dealkylation sites (tertiary alicyclic amines) is 2. The van der Waals surface area contributed by atoms with Crippen LogP contribution >= 0.6 is 0 Å². The molecule has 2 saturated heterocycles. The second-order valence-corrected chi connectivity index (χ2v) is 12.7. The lowest BCUT2D eigenvalue weighted by molar-refractivity contribution is -0.127. The van der Waals surface area contributed by atoms with Crippen molar-refractivity contribution in [2.45, 2.75) is 76.5 Å². The third kappa shape index (κ3) is 7.03. The summed E-state index contributed by atoms with van der Waals surface area (Å²) < 4.78 is 0. The second-order valence-electron chi connectivity index (χ2n) is 12.7. The number of aromatic nitrogens is 4. The van der Waals surface area contributed by atoms with Gasteiger partial charge in [-0.2, -0.15) is 0 Å². The van der Waals surface area contributed by atoms with E-state index in [0.29, 0.717) is 37.6 Å². The molecule has 6 N–H and O–H groups in total. The van der Waals surface area contributed by atoms with E-state index >= 15 is 0 Å². The molecule has 4 amide bonds. The molecule has 2 unspecified atom stereocenters. The minimum Gasteiger partial charge on any atom is -0.465 e. The number of hydrogen-bond acceptors (Lipinski definition) is 8. The molecule has 4 aromatic rings. The molecule has 2 aromatic carbocycles. The zero-order valence-corrected chi connectivity index (χ0v) is 28.1. The third-order valence-corrected chi connectivity index (χ3v) is 9.76. The molecule has 2 aromatic heterocycles. The number of hydrogen-bond donors (Lipinski definition) is 6. The zero-order chi connectivity index (χ0) is 35.4. The van der Waals surface area contributed by atoms with Crippen molar-refractivity contribution in [3.05, 3.63) is 72.6 Å². The third-order valence-electron chi connectivity index (χ3n) is 9.76. The van der Waals surface area contributed by atoms with Crippen LogP contribution in [0.15, 0.2) is 60.9 Å². The van der Waals surface area contributed by atoms with Crippen LogP contribution in [-0.2, 0) is 9.59 Å². The monoisotopic (exact) mass is 682 g/mol. The van der Waals surface area contributed by atoms with E-state index in [4.69, 9.17) is 15.1 Å². The molecule has 0 saturated carbocycles. The highest BCUT2D eigenvalue weighted by molar-refractivity contribution is 5.95. The second kappa shape index (κ2) is 15.0. The molecule has 6 rings (SSSR count). The van der Waals surface area contributed by atoms with Gasteiger partial charge < -0.3 is 20.2 Å². The van der Waals surface area contributed by atoms with Crippen LogP contribution in [0.4, 0.5) is 9.59 Å². The van der Waals surface area contributed by atoms with Gasteiger partial charge in [0.2, 0.25) is 11.8 Å². The van der Waals surface area contributed by atoms with E-state index in [-0.39, 0.29) is 12.1 Å². The normalized spacial score (nSPS) is 19.2. The van der Waals surface area contributed by atoms with Gasteiger partial charge in [0, 0.05) is 11.1 Å². The Bertz CT molecular complexity index is 1860. The number of aromatic amines is 2. The van der Waals surface area contributed by atoms with Gasteiger partial charge in [-0.25, -0.2) is 19.6 Å². The number of nitrogens with one attached hydrogen (secondary N) is 4. The fourth-order valence-corrected chi connectivity index (χ4v) is 7.63. The summed E-state index contributed by atoms with van der Waals surface area (Å²) in [5, 5.41) is 22.4. The molecule has 0 bridgehead atoms. The Hall–Kier alpha value is -5.34. The molecule has 4 atom stereocenters. The maximum absolute atomic E-state index is 12.8. The Kier molecular flexibility index (Phi) is 10.4. The highest BCUT2D eigenvalue weighted by Gasteiger charge is 2.38. The van der Waals surface area contributed by atoms with E-state index in [9.17, 15) is 24.3 Å². The molecule has 2 aliphatic rings. The summed E-state index contributed by atoms with van der Waals surface area (Å²) in [5.41, 5.74) is 5.33. The van der Waals surface area contributed by atoms with E-state index in [1.807, 2.05) is 76.7 Å². The SMILES string of the molecule is CC[C@@H](C(=O)NC(=O)O)N1CCCC1c1ncc(-c2cccc(-c3ccccc3)c2-c2cnc(C3CCCN3[C@@H](CC)C(=O)NC(=O)O)[nH]2)[nH]1. The minimum atomic E-state index is -1.37. The van der Waals surface area contributed by atoms with Crippen LogP contribution in [0.25, 0.3) is 33.6 Å². The topological polar surface area (TPSA) is 197 Å². The first kappa shape index (κ1) is 34.5. The summed E-state index contributed by atoms with van der Waals surface area (Å²) in [6.45, 7) is 5.03. The zero-order valence-electron chi connectivity index (χ0n) is 28.1. The number of benzene rings is 2. The predicted octanol–water partition coefficient (Wildman–Crippen LogP) is 5.55. The van der Waals surface area contributed by atoms with Gasteiger partial charge in [-0.05, 0) is 62.7 Å². The summed E-state index contributed by atoms with van der Waals surface area (Å²) >= 11 is 0. The van der Waals surface area contributed by atoms with Crippen LogP contribution in [0.1, 0.15) is 76.1 Å². The Balaban J connectivity index is 1.36. The minimum absolute atomic E-state index is 0.189. The lowest BCUT2D eigenvalue weighted by atomic mass is 9.92. The fraction of sp³-hybridized carbons (Fsp3) is 0.389. The van der Waals surface area contributed by atoms with Gasteiger partial charge in [0.05, 0.1) is 47.9 Å². The van der Waals surface area contributed by atoms with Crippen molar-refractivity contribution >= 4 is 24.0 Å². The van der Waals surface area contributed by atoms with Crippen LogP contribution < -0.4 is 10.6 Å². The van der Waals surface area contributed by atoms with Crippen LogP contribution in [0.3, 0.4) is 0 Å². The number of amides is 4. The van der Waals surface area contributed by atoms with Gasteiger partial charge in [0.15, 0.2) is 0 Å². The number of carbonyl (C=O) groups is 4. The molecule has 262 valence electrons. The van der Waals surface area contributed by atoms with Crippen molar-refractivity contribution in [3.63, 3.8) is 0 Å². The maximum atomic E-state index is 12.8. The number of nitrogens with zero attached hydrogens (tertiary/aromatic N) is 4. The van der Waals surface area contributed by atoms with E-state index in [1.165, 1.54) is 0 Å². The van der Waals surface area contributed by atoms with Crippen molar-refractivity contribution in [1.29, 1.82) is 0 Å². The Morgan fingerprint density at radius 3 is 1.76 bits per heavy atom. The van der Waals surface area contributed by atoms with Crippen molar-refractivity contribution < 1.29 is 29.4 Å². The Labute approximate surface area is 289 Å². The number of imidazole rings is 2. The lowest BCUT2D eigenvalue weighted by Gasteiger charge is -2.30. The molecule has 14 nitrogen and oxygen atoms in total. The number of carboxylic acid groups (broad SMARTS) is 2. The van der Waals surface area contributed by atoms with Crippen LogP contribution in [-0.4, -0.2) is 89.1 Å². The lowest BCUT2D eigenvalue weighted by Crippen LogP contribution is -2.47. The molecule has 0 spiro atoms. The summed E-state index contributed by atoms with van der Waals surface area (Å²) in [5.74, 6) is 0.316. The van der Waals surface area contributed by atoms with Gasteiger partial charge in [-0.1, -0.05) is 62.4 Å².